The second-order valence-electron chi connectivity index (χ2n) is 9.72. The number of hydrogen-bond donors (Lipinski definition) is 0. The van der Waals surface area contributed by atoms with Crippen LogP contribution in [0.15, 0.2) is 42.7 Å². The molecule has 2 heterocycles. The van der Waals surface area contributed by atoms with Gasteiger partial charge >= 0.3 is 6.09 Å². The van der Waals surface area contributed by atoms with Gasteiger partial charge in [-0.2, -0.15) is 0 Å². The highest BCUT2D eigenvalue weighted by molar-refractivity contribution is 6.00. The number of rotatable bonds is 7. The van der Waals surface area contributed by atoms with E-state index in [1.807, 2.05) is 19.1 Å². The molecule has 1 unspecified atom stereocenters. The fraction of sp³-hybridized carbons (Fsp3) is 0.444. The molecule has 0 fully saturated rings. The molecule has 0 aliphatic heterocycles. The first-order chi connectivity index (χ1) is 16.0. The summed E-state index contributed by atoms with van der Waals surface area (Å²) < 4.78 is 20.9. The lowest BCUT2D eigenvalue weighted by Crippen LogP contribution is -2.33. The van der Waals surface area contributed by atoms with E-state index in [1.165, 1.54) is 16.7 Å². The highest BCUT2D eigenvalue weighted by Gasteiger charge is 2.22. The van der Waals surface area contributed by atoms with Gasteiger partial charge in [0.25, 0.3) is 0 Å². The van der Waals surface area contributed by atoms with Gasteiger partial charge in [0, 0.05) is 41.9 Å². The lowest BCUT2D eigenvalue weighted by atomic mass is 10.0. The van der Waals surface area contributed by atoms with Crippen molar-refractivity contribution in [2.24, 2.45) is 5.92 Å². The molecule has 0 aliphatic rings. The topological polar surface area (TPSA) is 64.4 Å². The fourth-order valence-corrected chi connectivity index (χ4v) is 3.74. The van der Waals surface area contributed by atoms with Crippen LogP contribution in [0.5, 0.6) is 0 Å². The molecule has 0 radical (unpaired) electrons. The Hall–Kier alpha value is -3.22. The average Bonchev–Trinajstić information content (AvgIpc) is 3.15. The van der Waals surface area contributed by atoms with Gasteiger partial charge in [0.1, 0.15) is 17.2 Å². The summed E-state index contributed by atoms with van der Waals surface area (Å²) in [6, 6.07) is 8.03. The van der Waals surface area contributed by atoms with E-state index in [2.05, 4.69) is 18.8 Å². The Labute approximate surface area is 200 Å². The van der Waals surface area contributed by atoms with Crippen molar-refractivity contribution in [1.29, 1.82) is 0 Å². The molecule has 0 saturated carbocycles. The Kier molecular flexibility index (Phi) is 7.75. The summed E-state index contributed by atoms with van der Waals surface area (Å²) in [5, 5.41) is 0.708. The highest BCUT2D eigenvalue weighted by Crippen LogP contribution is 2.32. The molecule has 34 heavy (non-hydrogen) atoms. The number of carbonyl (C=O) groups is 2. The number of aromatic nitrogens is 2. The minimum atomic E-state index is -0.686. The summed E-state index contributed by atoms with van der Waals surface area (Å²) in [5.41, 5.74) is 1.22. The lowest BCUT2D eigenvalue weighted by Gasteiger charge is -2.23. The zero-order valence-electron chi connectivity index (χ0n) is 20.9. The standard InChI is InChI=1S/C27H34FN3O3/c1-7-13-30(25(32)14-18(3)8-2)24-12-9-19(16-29-24)22-17-31(26(33)34-27(4,5)6)23-15-20(28)10-11-21(22)23/h9-12,15-18H,7-8,13-14H2,1-6H3. The van der Waals surface area contributed by atoms with Crippen LogP contribution in [-0.2, 0) is 9.53 Å². The second kappa shape index (κ2) is 10.4. The summed E-state index contributed by atoms with van der Waals surface area (Å²) in [7, 11) is 0. The Morgan fingerprint density at radius 1 is 1.18 bits per heavy atom. The van der Waals surface area contributed by atoms with Gasteiger partial charge in [-0.15, -0.1) is 0 Å². The lowest BCUT2D eigenvalue weighted by molar-refractivity contribution is -0.119. The second-order valence-corrected chi connectivity index (χ2v) is 9.72. The number of halogens is 1. The maximum absolute atomic E-state index is 14.0. The van der Waals surface area contributed by atoms with Gasteiger partial charge in [0.15, 0.2) is 0 Å². The van der Waals surface area contributed by atoms with Crippen molar-refractivity contribution in [1.82, 2.24) is 9.55 Å². The molecule has 1 atom stereocenters. The minimum absolute atomic E-state index is 0.0634. The number of nitrogens with zero attached hydrogens (tertiary/aromatic N) is 3. The third-order valence-corrected chi connectivity index (χ3v) is 5.66. The van der Waals surface area contributed by atoms with Crippen LogP contribution < -0.4 is 4.90 Å². The van der Waals surface area contributed by atoms with Crippen LogP contribution in [0.3, 0.4) is 0 Å². The first-order valence-electron chi connectivity index (χ1n) is 11.8. The minimum Gasteiger partial charge on any atom is -0.443 e. The molecule has 0 bridgehead atoms. The molecule has 3 aromatic rings. The zero-order chi connectivity index (χ0) is 25.0. The molecular formula is C27H34FN3O3. The van der Waals surface area contributed by atoms with Crippen LogP contribution in [0.1, 0.15) is 60.8 Å². The molecule has 6 nitrogen and oxygen atoms in total. The van der Waals surface area contributed by atoms with E-state index in [0.29, 0.717) is 35.6 Å². The van der Waals surface area contributed by atoms with Crippen molar-refractivity contribution < 1.29 is 18.7 Å². The van der Waals surface area contributed by atoms with Crippen LogP contribution in [0.25, 0.3) is 22.0 Å². The number of hydrogen-bond acceptors (Lipinski definition) is 4. The predicted molar refractivity (Wildman–Crippen MR) is 133 cm³/mol. The number of fused-ring (bicyclic) bond motifs is 1. The number of amides is 1. The van der Waals surface area contributed by atoms with Crippen LogP contribution in [-0.4, -0.2) is 33.7 Å². The molecule has 0 spiro atoms. The van der Waals surface area contributed by atoms with E-state index in [4.69, 9.17) is 4.74 Å². The van der Waals surface area contributed by atoms with Gasteiger partial charge in [-0.25, -0.2) is 14.2 Å². The SMILES string of the molecule is CCCN(C(=O)CC(C)CC)c1ccc(-c2cn(C(=O)OC(C)(C)C)c3cc(F)ccc23)cn1. The maximum atomic E-state index is 14.0. The molecule has 1 aromatic carbocycles. The molecule has 182 valence electrons. The van der Waals surface area contributed by atoms with Crippen LogP contribution in [0.2, 0.25) is 0 Å². The number of ether oxygens (including phenoxy) is 1. The molecule has 0 N–H and O–H groups in total. The Balaban J connectivity index is 1.99. The Morgan fingerprint density at radius 3 is 2.50 bits per heavy atom. The van der Waals surface area contributed by atoms with Gasteiger partial charge in [0.2, 0.25) is 5.91 Å². The monoisotopic (exact) mass is 467 g/mol. The van der Waals surface area contributed by atoms with Crippen LogP contribution in [0, 0.1) is 11.7 Å². The van der Waals surface area contributed by atoms with Crippen molar-refractivity contribution in [2.75, 3.05) is 11.4 Å². The van der Waals surface area contributed by atoms with Crippen molar-refractivity contribution >= 4 is 28.7 Å². The van der Waals surface area contributed by atoms with Crippen LogP contribution in [0.4, 0.5) is 15.0 Å². The Bertz CT molecular complexity index is 1160. The normalized spacial score (nSPS) is 12.6. The van der Waals surface area contributed by atoms with Gasteiger partial charge in [-0.1, -0.05) is 27.2 Å². The molecule has 0 saturated heterocycles. The van der Waals surface area contributed by atoms with E-state index in [9.17, 15) is 14.0 Å². The Morgan fingerprint density at radius 2 is 1.91 bits per heavy atom. The third-order valence-electron chi connectivity index (χ3n) is 5.66. The number of benzene rings is 1. The predicted octanol–water partition coefficient (Wildman–Crippen LogP) is 6.80. The summed E-state index contributed by atoms with van der Waals surface area (Å²) in [4.78, 5) is 31.9. The molecule has 3 rings (SSSR count). The van der Waals surface area contributed by atoms with Crippen molar-refractivity contribution in [3.8, 4) is 11.1 Å². The average molecular weight is 468 g/mol. The van der Waals surface area contributed by atoms with E-state index in [-0.39, 0.29) is 5.91 Å². The van der Waals surface area contributed by atoms with E-state index < -0.39 is 17.5 Å². The smallest absolute Gasteiger partial charge is 0.419 e. The molecule has 1 amide bonds. The molecule has 7 heteroatoms. The van der Waals surface area contributed by atoms with E-state index >= 15 is 0 Å². The molecule has 2 aromatic heterocycles. The van der Waals surface area contributed by atoms with Crippen molar-refractivity contribution in [2.45, 2.75) is 66.4 Å². The zero-order valence-corrected chi connectivity index (χ0v) is 20.9. The van der Waals surface area contributed by atoms with Gasteiger partial charge in [-0.3, -0.25) is 14.3 Å². The van der Waals surface area contributed by atoms with Gasteiger partial charge in [0.05, 0.1) is 5.52 Å². The van der Waals surface area contributed by atoms with Crippen LogP contribution >= 0.6 is 0 Å². The summed E-state index contributed by atoms with van der Waals surface area (Å²) in [5.74, 6) is 0.533. The van der Waals surface area contributed by atoms with E-state index in [0.717, 1.165) is 24.0 Å². The number of pyridine rings is 1. The quantitative estimate of drug-likeness (QED) is 0.383. The summed E-state index contributed by atoms with van der Waals surface area (Å²) in [6.07, 6.45) is 5.00. The summed E-state index contributed by atoms with van der Waals surface area (Å²) in [6.45, 7) is 12.1. The fourth-order valence-electron chi connectivity index (χ4n) is 3.74. The number of carbonyl (C=O) groups excluding carboxylic acids is 2. The van der Waals surface area contributed by atoms with E-state index in [1.54, 1.807) is 44.1 Å². The van der Waals surface area contributed by atoms with Gasteiger partial charge in [-0.05, 0) is 63.4 Å². The largest absolute Gasteiger partial charge is 0.443 e. The first kappa shape index (κ1) is 25.4. The highest BCUT2D eigenvalue weighted by atomic mass is 19.1. The number of anilines is 1. The first-order valence-corrected chi connectivity index (χ1v) is 11.8. The van der Waals surface area contributed by atoms with Crippen molar-refractivity contribution in [3.05, 3.63) is 48.5 Å². The third kappa shape index (κ3) is 5.82. The van der Waals surface area contributed by atoms with Gasteiger partial charge < -0.3 is 4.74 Å². The molecular weight excluding hydrogens is 433 g/mol. The van der Waals surface area contributed by atoms with Crippen molar-refractivity contribution in [3.63, 3.8) is 0 Å². The maximum Gasteiger partial charge on any atom is 0.419 e. The molecule has 0 aliphatic carbocycles. The summed E-state index contributed by atoms with van der Waals surface area (Å²) >= 11 is 0.